The van der Waals surface area contributed by atoms with Gasteiger partial charge in [0.2, 0.25) is 5.91 Å². The van der Waals surface area contributed by atoms with Crippen LogP contribution in [0.15, 0.2) is 48.5 Å². The molecule has 2 amide bonds. The van der Waals surface area contributed by atoms with Crippen LogP contribution in [0.1, 0.15) is 18.9 Å². The van der Waals surface area contributed by atoms with Gasteiger partial charge in [0, 0.05) is 13.6 Å². The Bertz CT molecular complexity index is 795. The van der Waals surface area contributed by atoms with Crippen molar-refractivity contribution in [2.75, 3.05) is 20.8 Å². The molecule has 28 heavy (non-hydrogen) atoms. The molecular weight excluding hydrogens is 380 g/mol. The van der Waals surface area contributed by atoms with Crippen molar-refractivity contribution in [3.05, 3.63) is 59.1 Å². The predicted molar refractivity (Wildman–Crippen MR) is 109 cm³/mol. The van der Waals surface area contributed by atoms with Gasteiger partial charge in [0.1, 0.15) is 17.5 Å². The standard InChI is InChI=1S/C21H25ClN2O4/c1-4-18(21(26)23-2)24(13-15-9-11-16(27-3)12-10-15)20(25)14-28-19-8-6-5-7-17(19)22/h5-12,18H,4,13-14H2,1-3H3,(H,23,26). The first-order chi connectivity index (χ1) is 13.5. The summed E-state index contributed by atoms with van der Waals surface area (Å²) in [6, 6.07) is 13.7. The van der Waals surface area contributed by atoms with E-state index >= 15 is 0 Å². The zero-order valence-electron chi connectivity index (χ0n) is 16.3. The fraction of sp³-hybridized carbons (Fsp3) is 0.333. The monoisotopic (exact) mass is 404 g/mol. The third-order valence-electron chi connectivity index (χ3n) is 4.33. The van der Waals surface area contributed by atoms with Crippen molar-refractivity contribution in [2.24, 2.45) is 0 Å². The summed E-state index contributed by atoms with van der Waals surface area (Å²) in [5, 5.41) is 3.05. The number of likely N-dealkylation sites (N-methyl/N-ethyl adjacent to an activating group) is 1. The molecule has 1 unspecified atom stereocenters. The number of carbonyl (C=O) groups excluding carboxylic acids is 2. The second-order valence-corrected chi connectivity index (χ2v) is 6.53. The molecule has 0 fully saturated rings. The topological polar surface area (TPSA) is 67.9 Å². The Morgan fingerprint density at radius 2 is 1.82 bits per heavy atom. The smallest absolute Gasteiger partial charge is 0.261 e. The number of nitrogens with one attached hydrogen (secondary N) is 1. The summed E-state index contributed by atoms with van der Waals surface area (Å²) in [5.74, 6) is 0.630. The number of hydrogen-bond donors (Lipinski definition) is 1. The van der Waals surface area contributed by atoms with Crippen molar-refractivity contribution >= 4 is 23.4 Å². The molecule has 2 rings (SSSR count). The van der Waals surface area contributed by atoms with Crippen molar-refractivity contribution < 1.29 is 19.1 Å². The third kappa shape index (κ3) is 5.63. The fourth-order valence-corrected chi connectivity index (χ4v) is 2.99. The second kappa shape index (κ2) is 10.6. The number of carbonyl (C=O) groups is 2. The maximum Gasteiger partial charge on any atom is 0.261 e. The zero-order chi connectivity index (χ0) is 20.5. The van der Waals surface area contributed by atoms with Gasteiger partial charge in [-0.1, -0.05) is 42.8 Å². The third-order valence-corrected chi connectivity index (χ3v) is 4.64. The Hall–Kier alpha value is -2.73. The lowest BCUT2D eigenvalue weighted by Gasteiger charge is -2.30. The number of halogens is 1. The van der Waals surface area contributed by atoms with Crippen molar-refractivity contribution in [3.8, 4) is 11.5 Å². The molecule has 0 saturated heterocycles. The van der Waals surface area contributed by atoms with Crippen molar-refractivity contribution in [1.29, 1.82) is 0 Å². The molecule has 0 aliphatic heterocycles. The first-order valence-electron chi connectivity index (χ1n) is 9.01. The average Bonchev–Trinajstić information content (AvgIpc) is 2.73. The predicted octanol–water partition coefficient (Wildman–Crippen LogP) is 3.28. The summed E-state index contributed by atoms with van der Waals surface area (Å²) in [5.41, 5.74) is 0.884. The molecular formula is C21H25ClN2O4. The number of benzene rings is 2. The maximum atomic E-state index is 12.9. The Kier molecular flexibility index (Phi) is 8.14. The zero-order valence-corrected chi connectivity index (χ0v) is 17.0. The highest BCUT2D eigenvalue weighted by Gasteiger charge is 2.28. The molecule has 0 aliphatic rings. The van der Waals surface area contributed by atoms with Crippen LogP contribution in [0.25, 0.3) is 0 Å². The van der Waals surface area contributed by atoms with Gasteiger partial charge >= 0.3 is 0 Å². The van der Waals surface area contributed by atoms with Crippen LogP contribution < -0.4 is 14.8 Å². The van der Waals surface area contributed by atoms with E-state index in [0.29, 0.717) is 17.2 Å². The van der Waals surface area contributed by atoms with Crippen LogP contribution >= 0.6 is 11.6 Å². The Balaban J connectivity index is 2.19. The van der Waals surface area contributed by atoms with Crippen LogP contribution in [-0.2, 0) is 16.1 Å². The van der Waals surface area contributed by atoms with E-state index in [4.69, 9.17) is 21.1 Å². The normalized spacial score (nSPS) is 11.4. The van der Waals surface area contributed by atoms with Crippen LogP contribution in [-0.4, -0.2) is 43.5 Å². The van der Waals surface area contributed by atoms with Crippen molar-refractivity contribution in [3.63, 3.8) is 0 Å². The van der Waals surface area contributed by atoms with E-state index in [0.717, 1.165) is 11.3 Å². The molecule has 0 aliphatic carbocycles. The Morgan fingerprint density at radius 1 is 1.14 bits per heavy atom. The lowest BCUT2D eigenvalue weighted by atomic mass is 10.1. The summed E-state index contributed by atoms with van der Waals surface area (Å²) in [7, 11) is 3.15. The summed E-state index contributed by atoms with van der Waals surface area (Å²) in [4.78, 5) is 26.8. The molecule has 0 bridgehead atoms. The molecule has 1 atom stereocenters. The van der Waals surface area contributed by atoms with Crippen LogP contribution in [0.3, 0.4) is 0 Å². The van der Waals surface area contributed by atoms with E-state index in [1.165, 1.54) is 4.90 Å². The minimum absolute atomic E-state index is 0.215. The van der Waals surface area contributed by atoms with Crippen LogP contribution in [0, 0.1) is 0 Å². The van der Waals surface area contributed by atoms with Gasteiger partial charge in [-0.15, -0.1) is 0 Å². The Morgan fingerprint density at radius 3 is 2.39 bits per heavy atom. The van der Waals surface area contributed by atoms with Gasteiger partial charge in [-0.05, 0) is 36.2 Å². The number of nitrogens with zero attached hydrogens (tertiary/aromatic N) is 1. The fourth-order valence-electron chi connectivity index (χ4n) is 2.80. The maximum absolute atomic E-state index is 12.9. The molecule has 1 N–H and O–H groups in total. The lowest BCUT2D eigenvalue weighted by Crippen LogP contribution is -2.49. The number of hydrogen-bond acceptors (Lipinski definition) is 4. The van der Waals surface area contributed by atoms with Gasteiger partial charge in [-0.25, -0.2) is 0 Å². The van der Waals surface area contributed by atoms with Crippen molar-refractivity contribution in [1.82, 2.24) is 10.2 Å². The van der Waals surface area contributed by atoms with E-state index in [9.17, 15) is 9.59 Å². The second-order valence-electron chi connectivity index (χ2n) is 6.13. The molecule has 0 spiro atoms. The van der Waals surface area contributed by atoms with Gasteiger partial charge < -0.3 is 19.7 Å². The largest absolute Gasteiger partial charge is 0.497 e. The van der Waals surface area contributed by atoms with Crippen LogP contribution in [0.2, 0.25) is 5.02 Å². The van der Waals surface area contributed by atoms with Gasteiger partial charge in [-0.3, -0.25) is 9.59 Å². The first kappa shape index (κ1) is 21.6. The summed E-state index contributed by atoms with van der Waals surface area (Å²) < 4.78 is 10.8. The summed E-state index contributed by atoms with van der Waals surface area (Å²) >= 11 is 6.08. The van der Waals surface area contributed by atoms with Gasteiger partial charge in [0.25, 0.3) is 5.91 Å². The Labute approximate surface area is 170 Å². The van der Waals surface area contributed by atoms with Crippen LogP contribution in [0.5, 0.6) is 11.5 Å². The number of rotatable bonds is 9. The van der Waals surface area contributed by atoms with Crippen molar-refractivity contribution in [2.45, 2.75) is 25.9 Å². The number of methoxy groups -OCH3 is 1. The minimum atomic E-state index is -0.602. The number of para-hydroxylation sites is 1. The van der Waals surface area contributed by atoms with Gasteiger partial charge in [0.05, 0.1) is 12.1 Å². The quantitative estimate of drug-likeness (QED) is 0.696. The van der Waals surface area contributed by atoms with Gasteiger partial charge in [0.15, 0.2) is 6.61 Å². The number of ether oxygens (including phenoxy) is 2. The molecule has 0 heterocycles. The molecule has 0 saturated carbocycles. The van der Waals surface area contributed by atoms with E-state index in [2.05, 4.69) is 5.32 Å². The summed E-state index contributed by atoms with van der Waals surface area (Å²) in [6.07, 6.45) is 0.480. The molecule has 7 heteroatoms. The number of amides is 2. The SMILES string of the molecule is CCC(C(=O)NC)N(Cc1ccc(OC)cc1)C(=O)COc1ccccc1Cl. The highest BCUT2D eigenvalue weighted by atomic mass is 35.5. The highest BCUT2D eigenvalue weighted by molar-refractivity contribution is 6.32. The summed E-state index contributed by atoms with van der Waals surface area (Å²) in [6.45, 7) is 1.93. The van der Waals surface area contributed by atoms with E-state index in [-0.39, 0.29) is 25.0 Å². The molecule has 2 aromatic carbocycles. The minimum Gasteiger partial charge on any atom is -0.497 e. The lowest BCUT2D eigenvalue weighted by molar-refractivity contribution is -0.142. The molecule has 2 aromatic rings. The van der Waals surface area contributed by atoms with Gasteiger partial charge in [-0.2, -0.15) is 0 Å². The van der Waals surface area contributed by atoms with Crippen LogP contribution in [0.4, 0.5) is 0 Å². The average molecular weight is 405 g/mol. The molecule has 150 valence electrons. The van der Waals surface area contributed by atoms with E-state index in [1.54, 1.807) is 38.4 Å². The van der Waals surface area contributed by atoms with E-state index < -0.39 is 6.04 Å². The highest BCUT2D eigenvalue weighted by Crippen LogP contribution is 2.23. The molecule has 0 aromatic heterocycles. The molecule has 0 radical (unpaired) electrons. The van der Waals surface area contributed by atoms with E-state index in [1.807, 2.05) is 31.2 Å². The first-order valence-corrected chi connectivity index (χ1v) is 9.39. The molecule has 6 nitrogen and oxygen atoms in total.